The molecule has 2 aromatic rings. The summed E-state index contributed by atoms with van der Waals surface area (Å²) in [5, 5.41) is 10.2. The summed E-state index contributed by atoms with van der Waals surface area (Å²) in [4.78, 5) is 0. The summed E-state index contributed by atoms with van der Waals surface area (Å²) >= 11 is 0. The molecule has 0 radical (unpaired) electrons. The van der Waals surface area contributed by atoms with Crippen molar-refractivity contribution in [1.29, 1.82) is 0 Å². The third-order valence-corrected chi connectivity index (χ3v) is 1.15. The van der Waals surface area contributed by atoms with Crippen LogP contribution < -0.4 is 29.6 Å². The predicted octanol–water partition coefficient (Wildman–Crippen LogP) is -2.24. The first-order chi connectivity index (χ1) is 4.47. The maximum Gasteiger partial charge on any atom is 1.00 e. The summed E-state index contributed by atoms with van der Waals surface area (Å²) in [7, 11) is 0. The van der Waals surface area contributed by atoms with Crippen LogP contribution in [0, 0.1) is 6.07 Å². The van der Waals surface area contributed by atoms with Gasteiger partial charge in [0.05, 0.1) is 0 Å². The van der Waals surface area contributed by atoms with E-state index < -0.39 is 0 Å². The Morgan fingerprint density at radius 1 is 1.40 bits per heavy atom. The Labute approximate surface area is 80.1 Å². The topological polar surface area (TPSA) is 41.6 Å². The standard InChI is InChI=1S/C6H4N3.Na/c1-2-4-6-5(3-1)7-9-8-6;/h1-3H,(H,7,8,9);/q-1;+1. The Bertz CT molecular complexity index is 287. The fourth-order valence-electron chi connectivity index (χ4n) is 0.728. The summed E-state index contributed by atoms with van der Waals surface area (Å²) in [6, 6.07) is 8.50. The van der Waals surface area contributed by atoms with Gasteiger partial charge in [-0.1, -0.05) is 0 Å². The van der Waals surface area contributed by atoms with Crippen molar-refractivity contribution in [3.05, 3.63) is 24.3 Å². The smallest absolute Gasteiger partial charge is 0.223 e. The van der Waals surface area contributed by atoms with Crippen LogP contribution >= 0.6 is 0 Å². The summed E-state index contributed by atoms with van der Waals surface area (Å²) in [6.07, 6.45) is 0. The van der Waals surface area contributed by atoms with E-state index in [0.29, 0.717) is 0 Å². The van der Waals surface area contributed by atoms with Crippen LogP contribution in [0.1, 0.15) is 0 Å². The molecule has 0 saturated carbocycles. The van der Waals surface area contributed by atoms with E-state index in [9.17, 15) is 0 Å². The van der Waals surface area contributed by atoms with Crippen LogP contribution in [0.25, 0.3) is 11.0 Å². The second-order valence-corrected chi connectivity index (χ2v) is 1.73. The number of benzene rings is 1. The molecule has 0 atom stereocenters. The van der Waals surface area contributed by atoms with Crippen molar-refractivity contribution in [1.82, 2.24) is 15.4 Å². The second-order valence-electron chi connectivity index (χ2n) is 1.73. The second kappa shape index (κ2) is 3.14. The van der Waals surface area contributed by atoms with E-state index in [0.717, 1.165) is 11.0 Å². The molecule has 1 aromatic carbocycles. The minimum absolute atomic E-state index is 0. The number of fused-ring (bicyclic) bond motifs is 1. The van der Waals surface area contributed by atoms with Crippen LogP contribution in [-0.4, -0.2) is 15.4 Å². The SMILES string of the molecule is [Na+].[c-]1cccc2n[nH]nc12. The van der Waals surface area contributed by atoms with E-state index >= 15 is 0 Å². The normalized spacial score (nSPS) is 9.20. The van der Waals surface area contributed by atoms with Crippen LogP contribution in [-0.2, 0) is 0 Å². The van der Waals surface area contributed by atoms with Crippen molar-refractivity contribution in [2.75, 3.05) is 0 Å². The van der Waals surface area contributed by atoms with Gasteiger partial charge in [-0.3, -0.25) is 0 Å². The molecule has 0 bridgehead atoms. The molecule has 1 N–H and O–H groups in total. The average molecular weight is 141 g/mol. The molecule has 10 heavy (non-hydrogen) atoms. The van der Waals surface area contributed by atoms with Gasteiger partial charge in [-0.2, -0.15) is 23.3 Å². The first-order valence-electron chi connectivity index (χ1n) is 2.64. The minimum atomic E-state index is 0. The first kappa shape index (κ1) is 7.72. The van der Waals surface area contributed by atoms with Crippen molar-refractivity contribution in [2.45, 2.75) is 0 Å². The minimum Gasteiger partial charge on any atom is -0.223 e. The van der Waals surface area contributed by atoms with Crippen molar-refractivity contribution in [3.8, 4) is 0 Å². The van der Waals surface area contributed by atoms with Gasteiger partial charge in [-0.15, -0.1) is 6.07 Å². The summed E-state index contributed by atoms with van der Waals surface area (Å²) < 4.78 is 0. The monoisotopic (exact) mass is 141 g/mol. The Hall–Kier alpha value is -0.380. The number of nitrogens with zero attached hydrogens (tertiary/aromatic N) is 2. The Morgan fingerprint density at radius 3 is 3.10 bits per heavy atom. The van der Waals surface area contributed by atoms with Crippen molar-refractivity contribution in [2.24, 2.45) is 0 Å². The molecule has 1 aromatic heterocycles. The molecule has 1 heterocycles. The number of nitrogens with one attached hydrogen (secondary N) is 1. The molecule has 2 rings (SSSR count). The number of rotatable bonds is 0. The van der Waals surface area contributed by atoms with E-state index in [1.54, 1.807) is 0 Å². The molecular weight excluding hydrogens is 137 g/mol. The Morgan fingerprint density at radius 2 is 2.30 bits per heavy atom. The van der Waals surface area contributed by atoms with Gasteiger partial charge < -0.3 is 0 Å². The van der Waals surface area contributed by atoms with Gasteiger partial charge in [0.25, 0.3) is 0 Å². The molecule has 0 aliphatic rings. The average Bonchev–Trinajstić information content (AvgIpc) is 2.33. The van der Waals surface area contributed by atoms with Crippen LogP contribution in [0.5, 0.6) is 0 Å². The van der Waals surface area contributed by atoms with Gasteiger partial charge >= 0.3 is 29.6 Å². The molecule has 0 unspecified atom stereocenters. The molecule has 0 fully saturated rings. The number of H-pyrrole nitrogens is 1. The van der Waals surface area contributed by atoms with E-state index in [-0.39, 0.29) is 29.6 Å². The van der Waals surface area contributed by atoms with Crippen molar-refractivity contribution in [3.63, 3.8) is 0 Å². The van der Waals surface area contributed by atoms with E-state index in [2.05, 4.69) is 21.5 Å². The first-order valence-corrected chi connectivity index (χ1v) is 2.64. The number of hydrogen-bond donors (Lipinski definition) is 1. The quantitative estimate of drug-likeness (QED) is 0.333. The number of aromatic nitrogens is 3. The maximum atomic E-state index is 3.85. The summed E-state index contributed by atoms with van der Waals surface area (Å²) in [5.74, 6) is 0. The van der Waals surface area contributed by atoms with Gasteiger partial charge in [0.15, 0.2) is 0 Å². The zero-order valence-electron chi connectivity index (χ0n) is 5.63. The maximum absolute atomic E-state index is 3.85. The largest absolute Gasteiger partial charge is 1.00 e. The molecule has 0 aliphatic carbocycles. The van der Waals surface area contributed by atoms with Gasteiger partial charge in [0, 0.05) is 5.52 Å². The third kappa shape index (κ3) is 1.21. The molecule has 3 nitrogen and oxygen atoms in total. The molecule has 0 spiro atoms. The third-order valence-electron chi connectivity index (χ3n) is 1.15. The zero-order chi connectivity index (χ0) is 6.10. The Balaban J connectivity index is 0.000000500. The Kier molecular flexibility index (Phi) is 2.43. The van der Waals surface area contributed by atoms with Crippen molar-refractivity contribution >= 4 is 11.0 Å². The van der Waals surface area contributed by atoms with Crippen LogP contribution in [0.4, 0.5) is 0 Å². The molecule has 0 saturated heterocycles. The summed E-state index contributed by atoms with van der Waals surface area (Å²) in [6.45, 7) is 0. The van der Waals surface area contributed by atoms with E-state index in [1.165, 1.54) is 0 Å². The fourth-order valence-corrected chi connectivity index (χ4v) is 0.728. The van der Waals surface area contributed by atoms with E-state index in [1.807, 2.05) is 18.2 Å². The number of hydrogen-bond acceptors (Lipinski definition) is 2. The molecule has 0 aliphatic heterocycles. The predicted molar refractivity (Wildman–Crippen MR) is 32.7 cm³/mol. The number of para-hydroxylation sites is 1. The summed E-state index contributed by atoms with van der Waals surface area (Å²) in [5.41, 5.74) is 1.65. The fraction of sp³-hybridized carbons (Fsp3) is 0. The van der Waals surface area contributed by atoms with Crippen LogP contribution in [0.15, 0.2) is 18.2 Å². The van der Waals surface area contributed by atoms with Crippen molar-refractivity contribution < 1.29 is 29.6 Å². The van der Waals surface area contributed by atoms with Gasteiger partial charge in [-0.25, -0.2) is 10.3 Å². The molecule has 4 heteroatoms. The van der Waals surface area contributed by atoms with Crippen LogP contribution in [0.2, 0.25) is 0 Å². The van der Waals surface area contributed by atoms with Gasteiger partial charge in [0.2, 0.25) is 0 Å². The van der Waals surface area contributed by atoms with E-state index in [4.69, 9.17) is 0 Å². The van der Waals surface area contributed by atoms with Gasteiger partial charge in [-0.05, 0) is 5.52 Å². The molecule has 0 amide bonds. The number of aromatic amines is 1. The molecule has 44 valence electrons. The van der Waals surface area contributed by atoms with Crippen LogP contribution in [0.3, 0.4) is 0 Å². The zero-order valence-corrected chi connectivity index (χ0v) is 7.63. The molecular formula is C6H4N3Na. The van der Waals surface area contributed by atoms with Gasteiger partial charge in [0.1, 0.15) is 0 Å².